The first kappa shape index (κ1) is 12.8. The van der Waals surface area contributed by atoms with Crippen molar-refractivity contribution in [2.45, 2.75) is 25.3 Å². The number of rotatable bonds is 5. The third kappa shape index (κ3) is 2.30. The number of nitrogens with two attached hydrogens (primary N) is 1. The van der Waals surface area contributed by atoms with E-state index >= 15 is 0 Å². The average Bonchev–Trinajstić information content (AvgIpc) is 3.06. The molecule has 0 bridgehead atoms. The lowest BCUT2D eigenvalue weighted by molar-refractivity contribution is 0.326. The van der Waals surface area contributed by atoms with Gasteiger partial charge in [-0.15, -0.1) is 0 Å². The highest BCUT2D eigenvalue weighted by atomic mass is 16.5. The highest BCUT2D eigenvalue weighted by Crippen LogP contribution is 2.57. The zero-order valence-electron chi connectivity index (χ0n) is 11.6. The Kier molecular flexibility index (Phi) is 3.37. The van der Waals surface area contributed by atoms with Crippen LogP contribution in [0.15, 0.2) is 18.2 Å². The van der Waals surface area contributed by atoms with E-state index in [0.29, 0.717) is 5.92 Å². The Balaban J connectivity index is 1.88. The van der Waals surface area contributed by atoms with Crippen LogP contribution in [0.4, 0.5) is 0 Å². The van der Waals surface area contributed by atoms with E-state index in [1.54, 1.807) is 14.2 Å². The molecule has 0 saturated heterocycles. The molecule has 4 nitrogen and oxygen atoms in total. The summed E-state index contributed by atoms with van der Waals surface area (Å²) in [6.45, 7) is 0. The maximum absolute atomic E-state index is 5.81. The van der Waals surface area contributed by atoms with Crippen LogP contribution in [0.1, 0.15) is 30.9 Å². The summed E-state index contributed by atoms with van der Waals surface area (Å²) >= 11 is 0. The van der Waals surface area contributed by atoms with Gasteiger partial charge >= 0.3 is 0 Å². The topological polar surface area (TPSA) is 56.5 Å². The first-order valence-electron chi connectivity index (χ1n) is 6.94. The number of fused-ring (bicyclic) bond motifs is 1. The molecule has 3 atom stereocenters. The monoisotopic (exact) mass is 262 g/mol. The van der Waals surface area contributed by atoms with E-state index in [9.17, 15) is 0 Å². The standard InChI is InChI=1S/C15H22N2O2/c1-18-12-3-4-14(19-2)13(8-12)15(17-16)11-6-9-5-10(9)7-11/h3-4,8-11,15,17H,5-7,16H2,1-2H3. The number of nitrogens with one attached hydrogen (secondary N) is 1. The maximum atomic E-state index is 5.81. The summed E-state index contributed by atoms with van der Waals surface area (Å²) in [6.07, 6.45) is 3.98. The molecule has 0 amide bonds. The Morgan fingerprint density at radius 2 is 1.89 bits per heavy atom. The van der Waals surface area contributed by atoms with Gasteiger partial charge in [0.25, 0.3) is 0 Å². The Hall–Kier alpha value is -1.26. The molecule has 3 unspecified atom stereocenters. The van der Waals surface area contributed by atoms with Gasteiger partial charge in [0, 0.05) is 5.56 Å². The van der Waals surface area contributed by atoms with Crippen molar-refractivity contribution in [3.63, 3.8) is 0 Å². The fourth-order valence-corrected chi connectivity index (χ4v) is 3.60. The molecule has 1 aromatic carbocycles. The number of benzene rings is 1. The molecule has 0 heterocycles. The van der Waals surface area contributed by atoms with E-state index in [1.807, 2.05) is 18.2 Å². The third-order valence-corrected chi connectivity index (χ3v) is 4.70. The fourth-order valence-electron chi connectivity index (χ4n) is 3.60. The summed E-state index contributed by atoms with van der Waals surface area (Å²) in [4.78, 5) is 0. The van der Waals surface area contributed by atoms with Crippen molar-refractivity contribution in [1.82, 2.24) is 5.43 Å². The number of hydrogen-bond donors (Lipinski definition) is 2. The molecule has 2 saturated carbocycles. The second-order valence-corrected chi connectivity index (χ2v) is 5.74. The molecule has 4 heteroatoms. The number of ether oxygens (including phenoxy) is 2. The van der Waals surface area contributed by atoms with Gasteiger partial charge in [-0.25, -0.2) is 0 Å². The summed E-state index contributed by atoms with van der Waals surface area (Å²) in [5.74, 6) is 10.0. The summed E-state index contributed by atoms with van der Waals surface area (Å²) in [5, 5.41) is 0. The SMILES string of the molecule is COc1ccc(OC)c(C(NN)C2CC3CC3C2)c1. The van der Waals surface area contributed by atoms with E-state index < -0.39 is 0 Å². The Bertz CT molecular complexity index is 453. The van der Waals surface area contributed by atoms with Crippen LogP contribution >= 0.6 is 0 Å². The van der Waals surface area contributed by atoms with Crippen LogP contribution in [0.25, 0.3) is 0 Å². The molecule has 2 fully saturated rings. The van der Waals surface area contributed by atoms with Gasteiger partial charge in [-0.2, -0.15) is 0 Å². The van der Waals surface area contributed by atoms with Crippen LogP contribution in [0.2, 0.25) is 0 Å². The molecule has 0 aromatic heterocycles. The van der Waals surface area contributed by atoms with Crippen LogP contribution < -0.4 is 20.7 Å². The molecule has 0 aliphatic heterocycles. The third-order valence-electron chi connectivity index (χ3n) is 4.70. The first-order valence-corrected chi connectivity index (χ1v) is 6.94. The first-order chi connectivity index (χ1) is 9.26. The van der Waals surface area contributed by atoms with Crippen LogP contribution in [0.5, 0.6) is 11.5 Å². The molecule has 1 aromatic rings. The minimum Gasteiger partial charge on any atom is -0.497 e. The van der Waals surface area contributed by atoms with Gasteiger partial charge in [0.1, 0.15) is 11.5 Å². The Labute approximate surface area is 114 Å². The van der Waals surface area contributed by atoms with E-state index in [0.717, 1.165) is 28.9 Å². The number of hydrazine groups is 1. The molecule has 19 heavy (non-hydrogen) atoms. The van der Waals surface area contributed by atoms with Crippen LogP contribution in [-0.4, -0.2) is 14.2 Å². The second kappa shape index (κ2) is 5.02. The molecule has 0 radical (unpaired) electrons. The Morgan fingerprint density at radius 1 is 1.16 bits per heavy atom. The van der Waals surface area contributed by atoms with Crippen molar-refractivity contribution in [2.24, 2.45) is 23.6 Å². The molecule has 3 N–H and O–H groups in total. The van der Waals surface area contributed by atoms with Gasteiger partial charge < -0.3 is 9.47 Å². The molecule has 0 spiro atoms. The van der Waals surface area contributed by atoms with E-state index in [4.69, 9.17) is 15.3 Å². The van der Waals surface area contributed by atoms with E-state index in [1.165, 1.54) is 19.3 Å². The smallest absolute Gasteiger partial charge is 0.123 e. The fraction of sp³-hybridized carbons (Fsp3) is 0.600. The quantitative estimate of drug-likeness (QED) is 0.631. The highest BCUT2D eigenvalue weighted by molar-refractivity contribution is 5.42. The predicted octanol–water partition coefficient (Wildman–Crippen LogP) is 2.25. The summed E-state index contributed by atoms with van der Waals surface area (Å²) in [5.41, 5.74) is 4.10. The maximum Gasteiger partial charge on any atom is 0.123 e. The van der Waals surface area contributed by atoms with Gasteiger partial charge in [-0.05, 0) is 55.2 Å². The molecule has 2 aliphatic carbocycles. The van der Waals surface area contributed by atoms with Gasteiger partial charge in [0.15, 0.2) is 0 Å². The lowest BCUT2D eigenvalue weighted by Gasteiger charge is -2.26. The number of methoxy groups -OCH3 is 2. The largest absolute Gasteiger partial charge is 0.497 e. The normalized spacial score (nSPS) is 29.7. The van der Waals surface area contributed by atoms with Crippen LogP contribution in [0, 0.1) is 17.8 Å². The van der Waals surface area contributed by atoms with Gasteiger partial charge in [0.05, 0.1) is 20.3 Å². The Morgan fingerprint density at radius 3 is 2.47 bits per heavy atom. The predicted molar refractivity (Wildman–Crippen MR) is 73.9 cm³/mol. The minimum absolute atomic E-state index is 0.151. The molecular weight excluding hydrogens is 240 g/mol. The van der Waals surface area contributed by atoms with Gasteiger partial charge in [-0.1, -0.05) is 0 Å². The minimum atomic E-state index is 0.151. The molecule has 104 valence electrons. The lowest BCUT2D eigenvalue weighted by Crippen LogP contribution is -2.33. The zero-order chi connectivity index (χ0) is 13.4. The molecule has 2 aliphatic rings. The van der Waals surface area contributed by atoms with Crippen molar-refractivity contribution in [3.8, 4) is 11.5 Å². The molecule has 3 rings (SSSR count). The summed E-state index contributed by atoms with van der Waals surface area (Å²) in [7, 11) is 3.38. The van der Waals surface area contributed by atoms with Crippen molar-refractivity contribution in [2.75, 3.05) is 14.2 Å². The zero-order valence-corrected chi connectivity index (χ0v) is 11.6. The van der Waals surface area contributed by atoms with Gasteiger partial charge in [-0.3, -0.25) is 11.3 Å². The summed E-state index contributed by atoms with van der Waals surface area (Å²) < 4.78 is 10.8. The van der Waals surface area contributed by atoms with E-state index in [-0.39, 0.29) is 6.04 Å². The highest BCUT2D eigenvalue weighted by Gasteiger charge is 2.48. The lowest BCUT2D eigenvalue weighted by atomic mass is 9.89. The van der Waals surface area contributed by atoms with Crippen molar-refractivity contribution in [3.05, 3.63) is 23.8 Å². The summed E-state index contributed by atoms with van der Waals surface area (Å²) in [6, 6.07) is 6.06. The van der Waals surface area contributed by atoms with Crippen molar-refractivity contribution < 1.29 is 9.47 Å². The van der Waals surface area contributed by atoms with Crippen LogP contribution in [-0.2, 0) is 0 Å². The van der Waals surface area contributed by atoms with Crippen molar-refractivity contribution in [1.29, 1.82) is 0 Å². The average molecular weight is 262 g/mol. The molecular formula is C15H22N2O2. The second-order valence-electron chi connectivity index (χ2n) is 5.74. The van der Waals surface area contributed by atoms with Crippen LogP contribution in [0.3, 0.4) is 0 Å². The number of hydrogen-bond acceptors (Lipinski definition) is 4. The van der Waals surface area contributed by atoms with Crippen molar-refractivity contribution >= 4 is 0 Å². The van der Waals surface area contributed by atoms with Gasteiger partial charge in [0.2, 0.25) is 0 Å². The van der Waals surface area contributed by atoms with E-state index in [2.05, 4.69) is 5.43 Å².